The zero-order valence-corrected chi connectivity index (χ0v) is 16.6. The molecule has 0 aromatic heterocycles. The lowest BCUT2D eigenvalue weighted by molar-refractivity contribution is -0.862. The van der Waals surface area contributed by atoms with Gasteiger partial charge < -0.3 is 19.9 Å². The lowest BCUT2D eigenvalue weighted by atomic mass is 10.2. The van der Waals surface area contributed by atoms with Gasteiger partial charge in [-0.15, -0.1) is 0 Å². The molecule has 0 aliphatic rings. The predicted octanol–water partition coefficient (Wildman–Crippen LogP) is 1.45. The molecule has 0 bridgehead atoms. The Hall–Kier alpha value is -1.79. The summed E-state index contributed by atoms with van der Waals surface area (Å²) in [6.07, 6.45) is 0. The van der Waals surface area contributed by atoms with E-state index in [4.69, 9.17) is 16.3 Å². The standard InChI is InChI=1S/C18H28ClN3O3/c1-12(2)22(13(3)4)18(24)11-21(5)10-17(23)20-15-9-14(19)7-8-16(15)25-6/h7-9,12-13H,10-11H2,1-6H3,(H,20,23)/p+1. The summed E-state index contributed by atoms with van der Waals surface area (Å²) >= 11 is 5.96. The quantitative estimate of drug-likeness (QED) is 0.728. The van der Waals surface area contributed by atoms with Crippen LogP contribution in [-0.4, -0.2) is 56.0 Å². The van der Waals surface area contributed by atoms with Crippen molar-refractivity contribution in [1.29, 1.82) is 0 Å². The van der Waals surface area contributed by atoms with E-state index < -0.39 is 0 Å². The Morgan fingerprint density at radius 1 is 1.20 bits per heavy atom. The summed E-state index contributed by atoms with van der Waals surface area (Å²) in [5, 5.41) is 3.30. The first-order valence-corrected chi connectivity index (χ1v) is 8.79. The monoisotopic (exact) mass is 370 g/mol. The van der Waals surface area contributed by atoms with Crippen LogP contribution in [0.25, 0.3) is 0 Å². The van der Waals surface area contributed by atoms with E-state index in [0.29, 0.717) is 16.5 Å². The molecule has 0 aliphatic carbocycles. The highest BCUT2D eigenvalue weighted by Crippen LogP contribution is 2.27. The fourth-order valence-electron chi connectivity index (χ4n) is 2.83. The lowest BCUT2D eigenvalue weighted by Crippen LogP contribution is -3.11. The van der Waals surface area contributed by atoms with Crippen molar-refractivity contribution in [3.63, 3.8) is 0 Å². The van der Waals surface area contributed by atoms with Crippen molar-refractivity contribution in [2.45, 2.75) is 39.8 Å². The number of nitrogens with zero attached hydrogens (tertiary/aromatic N) is 1. The van der Waals surface area contributed by atoms with E-state index in [-0.39, 0.29) is 37.0 Å². The molecular formula is C18H29ClN3O3+. The van der Waals surface area contributed by atoms with Crippen LogP contribution in [0.2, 0.25) is 5.02 Å². The van der Waals surface area contributed by atoms with Crippen LogP contribution in [0, 0.1) is 0 Å². The molecule has 1 rings (SSSR count). The van der Waals surface area contributed by atoms with Crippen molar-refractivity contribution in [3.05, 3.63) is 23.2 Å². The number of rotatable bonds is 8. The Morgan fingerprint density at radius 2 is 1.80 bits per heavy atom. The molecule has 0 radical (unpaired) electrons. The number of ether oxygens (including phenoxy) is 1. The van der Waals surface area contributed by atoms with Crippen molar-refractivity contribution in [2.24, 2.45) is 0 Å². The van der Waals surface area contributed by atoms with Gasteiger partial charge in [0.25, 0.3) is 11.8 Å². The molecule has 2 N–H and O–H groups in total. The molecule has 6 nitrogen and oxygen atoms in total. The van der Waals surface area contributed by atoms with Crippen LogP contribution in [0.1, 0.15) is 27.7 Å². The highest BCUT2D eigenvalue weighted by atomic mass is 35.5. The van der Waals surface area contributed by atoms with Crippen molar-refractivity contribution in [2.75, 3.05) is 32.6 Å². The summed E-state index contributed by atoms with van der Waals surface area (Å²) in [5.74, 6) is 0.374. The molecule has 1 atom stereocenters. The fraction of sp³-hybridized carbons (Fsp3) is 0.556. The minimum Gasteiger partial charge on any atom is -0.495 e. The van der Waals surface area contributed by atoms with Gasteiger partial charge in [-0.2, -0.15) is 0 Å². The fourth-order valence-corrected chi connectivity index (χ4v) is 3.00. The van der Waals surface area contributed by atoms with Crippen LogP contribution in [-0.2, 0) is 9.59 Å². The number of quaternary nitrogens is 1. The van der Waals surface area contributed by atoms with E-state index >= 15 is 0 Å². The van der Waals surface area contributed by atoms with Crippen LogP contribution >= 0.6 is 11.6 Å². The highest BCUT2D eigenvalue weighted by Gasteiger charge is 2.24. The third-order valence-electron chi connectivity index (χ3n) is 3.75. The predicted molar refractivity (Wildman–Crippen MR) is 100 cm³/mol. The number of methoxy groups -OCH3 is 1. The molecular weight excluding hydrogens is 342 g/mol. The van der Waals surface area contributed by atoms with Gasteiger partial charge in [0.05, 0.1) is 19.8 Å². The van der Waals surface area contributed by atoms with E-state index in [9.17, 15) is 9.59 Å². The number of halogens is 1. The van der Waals surface area contributed by atoms with Gasteiger partial charge in [0.15, 0.2) is 13.1 Å². The Balaban J connectivity index is 2.65. The Morgan fingerprint density at radius 3 is 2.32 bits per heavy atom. The molecule has 0 aliphatic heterocycles. The van der Waals surface area contributed by atoms with Gasteiger partial charge in [-0.3, -0.25) is 9.59 Å². The summed E-state index contributed by atoms with van der Waals surface area (Å²) < 4.78 is 5.21. The first-order chi connectivity index (χ1) is 11.6. The SMILES string of the molecule is COc1ccc(Cl)cc1NC(=O)C[NH+](C)CC(=O)N(C(C)C)C(C)C. The van der Waals surface area contributed by atoms with E-state index in [0.717, 1.165) is 4.90 Å². The Bertz CT molecular complexity index is 597. The summed E-state index contributed by atoms with van der Waals surface area (Å²) in [4.78, 5) is 27.4. The molecule has 1 aromatic carbocycles. The number of hydrogen-bond acceptors (Lipinski definition) is 3. The maximum Gasteiger partial charge on any atom is 0.279 e. The van der Waals surface area contributed by atoms with Crippen molar-refractivity contribution in [3.8, 4) is 5.75 Å². The third-order valence-corrected chi connectivity index (χ3v) is 3.99. The summed E-state index contributed by atoms with van der Waals surface area (Å²) in [6, 6.07) is 5.28. The van der Waals surface area contributed by atoms with Gasteiger partial charge in [0.1, 0.15) is 5.75 Å². The molecule has 0 fully saturated rings. The van der Waals surface area contributed by atoms with E-state index in [1.165, 1.54) is 7.11 Å². The molecule has 1 unspecified atom stereocenters. The number of likely N-dealkylation sites (N-methyl/N-ethyl adjacent to an activating group) is 1. The first-order valence-electron chi connectivity index (χ1n) is 8.41. The average molecular weight is 371 g/mol. The van der Waals surface area contributed by atoms with Crippen molar-refractivity contribution in [1.82, 2.24) is 4.90 Å². The third kappa shape index (κ3) is 6.55. The van der Waals surface area contributed by atoms with Gasteiger partial charge in [0, 0.05) is 17.1 Å². The summed E-state index contributed by atoms with van der Waals surface area (Å²) in [5.41, 5.74) is 0.519. The van der Waals surface area contributed by atoms with Crippen LogP contribution in [0.15, 0.2) is 18.2 Å². The van der Waals surface area contributed by atoms with Gasteiger partial charge >= 0.3 is 0 Å². The van der Waals surface area contributed by atoms with E-state index in [1.54, 1.807) is 18.2 Å². The number of hydrogen-bond donors (Lipinski definition) is 2. The number of benzene rings is 1. The minimum atomic E-state index is -0.202. The summed E-state index contributed by atoms with van der Waals surface area (Å²) in [7, 11) is 3.35. The number of anilines is 1. The van der Waals surface area contributed by atoms with Crippen LogP contribution in [0.3, 0.4) is 0 Å². The molecule has 0 heterocycles. The normalized spacial score (nSPS) is 12.2. The Kier molecular flexibility index (Phi) is 8.19. The van der Waals surface area contributed by atoms with Gasteiger partial charge in [-0.1, -0.05) is 11.6 Å². The number of nitrogens with one attached hydrogen (secondary N) is 2. The smallest absolute Gasteiger partial charge is 0.279 e. The molecule has 0 saturated carbocycles. The maximum absolute atomic E-state index is 12.5. The topological polar surface area (TPSA) is 63.1 Å². The van der Waals surface area contributed by atoms with Gasteiger partial charge in [-0.05, 0) is 45.9 Å². The maximum atomic E-state index is 12.5. The van der Waals surface area contributed by atoms with Crippen LogP contribution < -0.4 is 15.0 Å². The molecule has 25 heavy (non-hydrogen) atoms. The van der Waals surface area contributed by atoms with E-state index in [1.807, 2.05) is 39.6 Å². The molecule has 7 heteroatoms. The van der Waals surface area contributed by atoms with Gasteiger partial charge in [-0.25, -0.2) is 0 Å². The lowest BCUT2D eigenvalue weighted by Gasteiger charge is -2.31. The molecule has 2 amide bonds. The Labute approximate surface area is 155 Å². The second-order valence-electron chi connectivity index (χ2n) is 6.69. The van der Waals surface area contributed by atoms with Crippen molar-refractivity contribution < 1.29 is 19.2 Å². The summed E-state index contributed by atoms with van der Waals surface area (Å²) in [6.45, 7) is 8.40. The first kappa shape index (κ1) is 21.3. The minimum absolute atomic E-state index is 0.0376. The molecule has 1 aromatic rings. The van der Waals surface area contributed by atoms with Crippen LogP contribution in [0.4, 0.5) is 5.69 Å². The largest absolute Gasteiger partial charge is 0.495 e. The zero-order chi connectivity index (χ0) is 19.1. The second-order valence-corrected chi connectivity index (χ2v) is 7.13. The van der Waals surface area contributed by atoms with Crippen LogP contribution in [0.5, 0.6) is 5.75 Å². The number of amides is 2. The van der Waals surface area contributed by atoms with Gasteiger partial charge in [0.2, 0.25) is 0 Å². The molecule has 0 saturated heterocycles. The molecule has 0 spiro atoms. The zero-order valence-electron chi connectivity index (χ0n) is 15.9. The molecule has 140 valence electrons. The average Bonchev–Trinajstić information content (AvgIpc) is 2.45. The second kappa shape index (κ2) is 9.63. The number of carbonyl (C=O) groups excluding carboxylic acids is 2. The number of carbonyl (C=O) groups is 2. The van der Waals surface area contributed by atoms with Crippen molar-refractivity contribution >= 4 is 29.1 Å². The van der Waals surface area contributed by atoms with E-state index in [2.05, 4.69) is 5.32 Å². The highest BCUT2D eigenvalue weighted by molar-refractivity contribution is 6.31.